The first kappa shape index (κ1) is 13.5. The van der Waals surface area contributed by atoms with Gasteiger partial charge in [0.15, 0.2) is 0 Å². The van der Waals surface area contributed by atoms with Crippen molar-refractivity contribution in [1.82, 2.24) is 9.97 Å². The van der Waals surface area contributed by atoms with E-state index in [-0.39, 0.29) is 0 Å². The number of hydrogen-bond acceptors (Lipinski definition) is 5. The molecule has 3 heterocycles. The van der Waals surface area contributed by atoms with Gasteiger partial charge in [0, 0.05) is 11.4 Å². The van der Waals surface area contributed by atoms with Gasteiger partial charge in [-0.2, -0.15) is 0 Å². The highest BCUT2D eigenvalue weighted by Gasteiger charge is 2.08. The first-order valence-corrected chi connectivity index (χ1v) is 7.91. The Bertz CT molecular complexity index is 621. The van der Waals surface area contributed by atoms with Gasteiger partial charge in [-0.3, -0.25) is 0 Å². The summed E-state index contributed by atoms with van der Waals surface area (Å²) in [6.07, 6.45) is 7.00. The summed E-state index contributed by atoms with van der Waals surface area (Å²) in [6.45, 7) is 4.70. The number of nitrogens with zero attached hydrogens (tertiary/aromatic N) is 2. The van der Waals surface area contributed by atoms with Crippen LogP contribution in [-0.2, 0) is 11.2 Å². The Kier molecular flexibility index (Phi) is 4.28. The van der Waals surface area contributed by atoms with Crippen LogP contribution >= 0.6 is 11.3 Å². The summed E-state index contributed by atoms with van der Waals surface area (Å²) < 4.78 is 5.32. The van der Waals surface area contributed by atoms with Crippen molar-refractivity contribution in [1.29, 1.82) is 0 Å². The van der Waals surface area contributed by atoms with Crippen molar-refractivity contribution < 1.29 is 4.74 Å². The van der Waals surface area contributed by atoms with Crippen LogP contribution in [0.25, 0.3) is 10.2 Å². The van der Waals surface area contributed by atoms with Crippen molar-refractivity contribution in [2.45, 2.75) is 26.2 Å². The fourth-order valence-corrected chi connectivity index (χ4v) is 3.29. The molecule has 0 unspecified atom stereocenters. The number of fused-ring (bicyclic) bond motifs is 1. The van der Waals surface area contributed by atoms with E-state index in [2.05, 4.69) is 34.4 Å². The van der Waals surface area contributed by atoms with Gasteiger partial charge in [-0.25, -0.2) is 9.97 Å². The Morgan fingerprint density at radius 2 is 2.35 bits per heavy atom. The quantitative estimate of drug-likeness (QED) is 0.857. The van der Waals surface area contributed by atoms with Crippen molar-refractivity contribution in [3.05, 3.63) is 28.9 Å². The van der Waals surface area contributed by atoms with E-state index >= 15 is 0 Å². The highest BCUT2D eigenvalue weighted by molar-refractivity contribution is 7.18. The zero-order valence-corrected chi connectivity index (χ0v) is 12.5. The average molecular weight is 289 g/mol. The molecule has 0 spiro atoms. The number of aromatic nitrogens is 2. The van der Waals surface area contributed by atoms with Crippen LogP contribution in [0.2, 0.25) is 0 Å². The van der Waals surface area contributed by atoms with Crippen LogP contribution in [0.5, 0.6) is 0 Å². The number of aryl methyl sites for hydroxylation is 1. The third-order valence-electron chi connectivity index (χ3n) is 3.52. The Balaban J connectivity index is 1.67. The molecule has 0 fully saturated rings. The number of thiophene rings is 1. The molecule has 0 radical (unpaired) electrons. The summed E-state index contributed by atoms with van der Waals surface area (Å²) in [5.74, 6) is 0.957. The second-order valence-corrected chi connectivity index (χ2v) is 5.99. The van der Waals surface area contributed by atoms with Crippen molar-refractivity contribution in [3.63, 3.8) is 0 Å². The standard InChI is InChI=1S/C15H19N3OS/c1-2-12-9-13-14(17-10-18-15(13)20-12)16-6-3-11-4-7-19-8-5-11/h4,9-10H,2-3,5-8H2,1H3,(H,16,17,18). The molecular weight excluding hydrogens is 270 g/mol. The molecule has 0 saturated carbocycles. The molecular formula is C15H19N3OS. The number of hydrogen-bond donors (Lipinski definition) is 1. The highest BCUT2D eigenvalue weighted by atomic mass is 32.1. The van der Waals surface area contributed by atoms with Gasteiger partial charge >= 0.3 is 0 Å². The molecule has 20 heavy (non-hydrogen) atoms. The van der Waals surface area contributed by atoms with Crippen LogP contribution in [0.15, 0.2) is 24.0 Å². The van der Waals surface area contributed by atoms with Crippen molar-refractivity contribution >= 4 is 27.4 Å². The van der Waals surface area contributed by atoms with Gasteiger partial charge in [-0.1, -0.05) is 18.6 Å². The molecule has 0 aliphatic carbocycles. The van der Waals surface area contributed by atoms with Gasteiger partial charge in [0.2, 0.25) is 0 Å². The van der Waals surface area contributed by atoms with E-state index in [1.165, 1.54) is 10.5 Å². The van der Waals surface area contributed by atoms with E-state index in [9.17, 15) is 0 Å². The second-order valence-electron chi connectivity index (χ2n) is 4.87. The Morgan fingerprint density at radius 1 is 1.40 bits per heavy atom. The lowest BCUT2D eigenvalue weighted by Crippen LogP contribution is -2.09. The summed E-state index contributed by atoms with van der Waals surface area (Å²) >= 11 is 1.75. The third kappa shape index (κ3) is 2.99. The molecule has 4 nitrogen and oxygen atoms in total. The molecule has 1 N–H and O–H groups in total. The van der Waals surface area contributed by atoms with Gasteiger partial charge in [0.1, 0.15) is 17.0 Å². The minimum Gasteiger partial charge on any atom is -0.377 e. The van der Waals surface area contributed by atoms with Crippen LogP contribution < -0.4 is 5.32 Å². The molecule has 0 bridgehead atoms. The molecule has 0 saturated heterocycles. The SMILES string of the molecule is CCc1cc2c(NCCC3=CCOCC3)ncnc2s1. The highest BCUT2D eigenvalue weighted by Crippen LogP contribution is 2.28. The van der Waals surface area contributed by atoms with Gasteiger partial charge < -0.3 is 10.1 Å². The predicted molar refractivity (Wildman–Crippen MR) is 83.4 cm³/mol. The lowest BCUT2D eigenvalue weighted by atomic mass is 10.1. The maximum Gasteiger partial charge on any atom is 0.138 e. The molecule has 2 aromatic rings. The van der Waals surface area contributed by atoms with Gasteiger partial charge in [0.05, 0.1) is 18.6 Å². The summed E-state index contributed by atoms with van der Waals surface area (Å²) in [7, 11) is 0. The summed E-state index contributed by atoms with van der Waals surface area (Å²) in [5.41, 5.74) is 1.48. The van der Waals surface area contributed by atoms with Crippen LogP contribution in [-0.4, -0.2) is 29.7 Å². The predicted octanol–water partition coefficient (Wildman–Crippen LogP) is 3.40. The molecule has 3 rings (SSSR count). The first-order valence-electron chi connectivity index (χ1n) is 7.09. The smallest absolute Gasteiger partial charge is 0.138 e. The number of anilines is 1. The van der Waals surface area contributed by atoms with Crippen LogP contribution in [0.4, 0.5) is 5.82 Å². The minimum atomic E-state index is 0.761. The summed E-state index contributed by atoms with van der Waals surface area (Å²) in [6, 6.07) is 2.20. The maximum absolute atomic E-state index is 5.32. The minimum absolute atomic E-state index is 0.761. The fraction of sp³-hybridized carbons (Fsp3) is 0.467. The number of ether oxygens (including phenoxy) is 1. The molecule has 0 amide bonds. The number of rotatable bonds is 5. The molecule has 0 aromatic carbocycles. The topological polar surface area (TPSA) is 47.0 Å². The molecule has 1 aliphatic rings. The first-order chi connectivity index (χ1) is 9.86. The van der Waals surface area contributed by atoms with Crippen molar-refractivity contribution in [2.24, 2.45) is 0 Å². The van der Waals surface area contributed by atoms with Gasteiger partial charge in [0.25, 0.3) is 0 Å². The van der Waals surface area contributed by atoms with Crippen LogP contribution in [0, 0.1) is 0 Å². The monoisotopic (exact) mass is 289 g/mol. The van der Waals surface area contributed by atoms with Crippen LogP contribution in [0.3, 0.4) is 0 Å². The van der Waals surface area contributed by atoms with E-state index < -0.39 is 0 Å². The average Bonchev–Trinajstić information content (AvgIpc) is 2.92. The zero-order valence-electron chi connectivity index (χ0n) is 11.7. The number of nitrogens with one attached hydrogen (secondary N) is 1. The Morgan fingerprint density at radius 3 is 3.15 bits per heavy atom. The van der Waals surface area contributed by atoms with Crippen LogP contribution in [0.1, 0.15) is 24.6 Å². The van der Waals surface area contributed by atoms with E-state index in [1.807, 2.05) is 0 Å². The molecule has 2 aromatic heterocycles. The Hall–Kier alpha value is -1.46. The lowest BCUT2D eigenvalue weighted by Gasteiger charge is -2.14. The van der Waals surface area contributed by atoms with E-state index in [0.29, 0.717) is 0 Å². The zero-order chi connectivity index (χ0) is 13.8. The van der Waals surface area contributed by atoms with Gasteiger partial charge in [-0.05, 0) is 25.3 Å². The molecule has 106 valence electrons. The summed E-state index contributed by atoms with van der Waals surface area (Å²) in [5, 5.41) is 4.59. The van der Waals surface area contributed by atoms with Crippen molar-refractivity contribution in [3.8, 4) is 0 Å². The molecule has 5 heteroatoms. The van der Waals surface area contributed by atoms with Crippen molar-refractivity contribution in [2.75, 3.05) is 25.1 Å². The second kappa shape index (κ2) is 6.33. The van der Waals surface area contributed by atoms with E-state index in [1.54, 1.807) is 17.7 Å². The van der Waals surface area contributed by atoms with Gasteiger partial charge in [-0.15, -0.1) is 11.3 Å². The Labute approximate surface area is 122 Å². The van der Waals surface area contributed by atoms with E-state index in [4.69, 9.17) is 4.74 Å². The third-order valence-corrected chi connectivity index (χ3v) is 4.71. The molecule has 0 atom stereocenters. The summed E-state index contributed by atoms with van der Waals surface area (Å²) in [4.78, 5) is 11.2. The van der Waals surface area contributed by atoms with E-state index in [0.717, 1.165) is 55.1 Å². The normalized spacial score (nSPS) is 15.3. The molecule has 1 aliphatic heterocycles. The largest absolute Gasteiger partial charge is 0.377 e. The maximum atomic E-state index is 5.32. The lowest BCUT2D eigenvalue weighted by molar-refractivity contribution is 0.153. The fourth-order valence-electron chi connectivity index (χ4n) is 2.35.